The molecule has 1 N–H and O–H groups in total. The molecule has 0 amide bonds. The monoisotopic (exact) mass is 221 g/mol. The van der Waals surface area contributed by atoms with E-state index in [1.807, 2.05) is 12.1 Å². The smallest absolute Gasteiger partial charge is 0.119 e. The zero-order valence-electron chi connectivity index (χ0n) is 9.89. The second-order valence-corrected chi connectivity index (χ2v) is 4.55. The van der Waals surface area contributed by atoms with Crippen LogP contribution in [0.4, 0.5) is 0 Å². The Hall–Kier alpha value is -1.06. The first-order valence-corrected chi connectivity index (χ1v) is 5.68. The van der Waals surface area contributed by atoms with Crippen LogP contribution in [-0.2, 0) is 0 Å². The standard InChI is InChI=1S/C13H19NO2/c1-14-7-11(9-15)13(8-14)10-4-3-5-12(6-10)16-2/h3-6,11,13,15H,7-9H2,1-2H3. The topological polar surface area (TPSA) is 32.7 Å². The van der Waals surface area contributed by atoms with Gasteiger partial charge in [-0.2, -0.15) is 0 Å². The van der Waals surface area contributed by atoms with Gasteiger partial charge in [0.05, 0.1) is 7.11 Å². The summed E-state index contributed by atoms with van der Waals surface area (Å²) in [6.45, 7) is 2.24. The molecule has 0 spiro atoms. The summed E-state index contributed by atoms with van der Waals surface area (Å²) in [6, 6.07) is 8.17. The van der Waals surface area contributed by atoms with Crippen molar-refractivity contribution in [3.05, 3.63) is 29.8 Å². The molecule has 3 heteroatoms. The molecule has 88 valence electrons. The van der Waals surface area contributed by atoms with Crippen LogP contribution in [0.5, 0.6) is 5.75 Å². The van der Waals surface area contributed by atoms with Crippen molar-refractivity contribution in [2.45, 2.75) is 5.92 Å². The van der Waals surface area contributed by atoms with Crippen molar-refractivity contribution in [2.75, 3.05) is 33.9 Å². The highest BCUT2D eigenvalue weighted by molar-refractivity contribution is 5.32. The van der Waals surface area contributed by atoms with Gasteiger partial charge in [-0.15, -0.1) is 0 Å². The van der Waals surface area contributed by atoms with E-state index in [1.54, 1.807) is 7.11 Å². The zero-order valence-corrected chi connectivity index (χ0v) is 9.89. The third-order valence-corrected chi connectivity index (χ3v) is 3.38. The number of ether oxygens (including phenoxy) is 1. The molecule has 3 nitrogen and oxygen atoms in total. The van der Waals surface area contributed by atoms with Crippen LogP contribution in [0.3, 0.4) is 0 Å². The number of rotatable bonds is 3. The lowest BCUT2D eigenvalue weighted by atomic mass is 9.89. The Morgan fingerprint density at radius 3 is 2.94 bits per heavy atom. The molecule has 1 aromatic carbocycles. The van der Waals surface area contributed by atoms with Crippen LogP contribution in [0.25, 0.3) is 0 Å². The number of methoxy groups -OCH3 is 1. The first-order valence-electron chi connectivity index (χ1n) is 5.68. The van der Waals surface area contributed by atoms with Crippen molar-refractivity contribution < 1.29 is 9.84 Å². The molecule has 0 saturated carbocycles. The fourth-order valence-electron chi connectivity index (χ4n) is 2.52. The normalized spacial score (nSPS) is 25.9. The minimum absolute atomic E-state index is 0.256. The van der Waals surface area contributed by atoms with Gasteiger partial charge in [0.1, 0.15) is 5.75 Å². The highest BCUT2D eigenvalue weighted by atomic mass is 16.5. The first kappa shape index (κ1) is 11.4. The van der Waals surface area contributed by atoms with Gasteiger partial charge in [0.15, 0.2) is 0 Å². The number of likely N-dealkylation sites (N-methyl/N-ethyl adjacent to an activating group) is 1. The third kappa shape index (κ3) is 2.20. The van der Waals surface area contributed by atoms with Crippen LogP contribution in [-0.4, -0.2) is 43.9 Å². The fourth-order valence-corrected chi connectivity index (χ4v) is 2.52. The van der Waals surface area contributed by atoms with Gasteiger partial charge in [0, 0.05) is 31.5 Å². The Kier molecular flexibility index (Phi) is 3.46. The maximum Gasteiger partial charge on any atom is 0.119 e. The van der Waals surface area contributed by atoms with E-state index in [0.29, 0.717) is 11.8 Å². The van der Waals surface area contributed by atoms with Gasteiger partial charge in [-0.3, -0.25) is 0 Å². The van der Waals surface area contributed by atoms with Crippen molar-refractivity contribution in [3.8, 4) is 5.75 Å². The summed E-state index contributed by atoms with van der Waals surface area (Å²) >= 11 is 0. The Bertz CT molecular complexity index is 354. The summed E-state index contributed by atoms with van der Waals surface area (Å²) in [6.07, 6.45) is 0. The molecule has 2 rings (SSSR count). The van der Waals surface area contributed by atoms with Crippen molar-refractivity contribution in [3.63, 3.8) is 0 Å². The molecule has 0 bridgehead atoms. The fraction of sp³-hybridized carbons (Fsp3) is 0.538. The Balaban J connectivity index is 2.22. The molecule has 1 aromatic rings. The summed E-state index contributed by atoms with van der Waals surface area (Å²) in [5, 5.41) is 9.38. The number of nitrogens with zero attached hydrogens (tertiary/aromatic N) is 1. The van der Waals surface area contributed by atoms with Crippen LogP contribution in [0.1, 0.15) is 11.5 Å². The van der Waals surface area contributed by atoms with Gasteiger partial charge in [-0.05, 0) is 24.7 Å². The highest BCUT2D eigenvalue weighted by Gasteiger charge is 2.31. The SMILES string of the molecule is COc1cccc(C2CN(C)CC2CO)c1. The van der Waals surface area contributed by atoms with Gasteiger partial charge in [-0.1, -0.05) is 12.1 Å². The quantitative estimate of drug-likeness (QED) is 0.836. The number of likely N-dealkylation sites (tertiary alicyclic amines) is 1. The maximum absolute atomic E-state index is 9.38. The molecule has 2 atom stereocenters. The van der Waals surface area contributed by atoms with Gasteiger partial charge >= 0.3 is 0 Å². The average molecular weight is 221 g/mol. The van der Waals surface area contributed by atoms with Crippen molar-refractivity contribution in [1.82, 2.24) is 4.90 Å². The number of aliphatic hydroxyl groups excluding tert-OH is 1. The largest absolute Gasteiger partial charge is 0.497 e. The number of hydrogen-bond acceptors (Lipinski definition) is 3. The van der Waals surface area contributed by atoms with E-state index in [1.165, 1.54) is 5.56 Å². The predicted octanol–water partition coefficient (Wildman–Crippen LogP) is 1.33. The van der Waals surface area contributed by atoms with E-state index in [9.17, 15) is 5.11 Å². The summed E-state index contributed by atoms with van der Waals surface area (Å²) in [4.78, 5) is 2.27. The predicted molar refractivity (Wildman–Crippen MR) is 63.8 cm³/mol. The van der Waals surface area contributed by atoms with Crippen molar-refractivity contribution in [1.29, 1.82) is 0 Å². The highest BCUT2D eigenvalue weighted by Crippen LogP contribution is 2.32. The van der Waals surface area contributed by atoms with Gasteiger partial charge in [-0.25, -0.2) is 0 Å². The van der Waals surface area contributed by atoms with Crippen LogP contribution >= 0.6 is 0 Å². The molecule has 1 heterocycles. The molecule has 2 unspecified atom stereocenters. The summed E-state index contributed by atoms with van der Waals surface area (Å²) in [5.74, 6) is 1.66. The second kappa shape index (κ2) is 4.85. The van der Waals surface area contributed by atoms with Gasteiger partial charge < -0.3 is 14.7 Å². The number of aliphatic hydroxyl groups is 1. The molecular formula is C13H19NO2. The summed E-state index contributed by atoms with van der Waals surface area (Å²) < 4.78 is 5.23. The van der Waals surface area contributed by atoms with Crippen LogP contribution in [0.15, 0.2) is 24.3 Å². The van der Waals surface area contributed by atoms with Gasteiger partial charge in [0.25, 0.3) is 0 Å². The minimum atomic E-state index is 0.256. The maximum atomic E-state index is 9.38. The first-order chi connectivity index (χ1) is 7.74. The van der Waals surface area contributed by atoms with E-state index in [2.05, 4.69) is 24.1 Å². The zero-order chi connectivity index (χ0) is 11.5. The lowest BCUT2D eigenvalue weighted by Crippen LogP contribution is -2.15. The molecule has 1 aliphatic rings. The Morgan fingerprint density at radius 2 is 2.25 bits per heavy atom. The molecule has 0 aliphatic carbocycles. The molecule has 16 heavy (non-hydrogen) atoms. The third-order valence-electron chi connectivity index (χ3n) is 3.38. The van der Waals surface area contributed by atoms with Gasteiger partial charge in [0.2, 0.25) is 0 Å². The molecule has 1 fully saturated rings. The van der Waals surface area contributed by atoms with E-state index in [0.717, 1.165) is 18.8 Å². The number of hydrogen-bond donors (Lipinski definition) is 1. The minimum Gasteiger partial charge on any atom is -0.497 e. The van der Waals surface area contributed by atoms with Crippen molar-refractivity contribution in [2.24, 2.45) is 5.92 Å². The average Bonchev–Trinajstić information content (AvgIpc) is 2.70. The van der Waals surface area contributed by atoms with Crippen molar-refractivity contribution >= 4 is 0 Å². The second-order valence-electron chi connectivity index (χ2n) is 4.55. The molecule has 0 radical (unpaired) electrons. The Morgan fingerprint density at radius 1 is 1.44 bits per heavy atom. The van der Waals surface area contributed by atoms with E-state index >= 15 is 0 Å². The van der Waals surface area contributed by atoms with Crippen LogP contribution in [0, 0.1) is 5.92 Å². The Labute approximate surface area is 96.6 Å². The summed E-state index contributed by atoms with van der Waals surface area (Å²) in [5.41, 5.74) is 1.27. The molecule has 1 aliphatic heterocycles. The number of benzene rings is 1. The summed E-state index contributed by atoms with van der Waals surface area (Å²) in [7, 11) is 3.78. The van der Waals surface area contributed by atoms with E-state index in [4.69, 9.17) is 4.74 Å². The molecule has 0 aromatic heterocycles. The van der Waals surface area contributed by atoms with Crippen LogP contribution < -0.4 is 4.74 Å². The molecule has 1 saturated heterocycles. The molecular weight excluding hydrogens is 202 g/mol. The van der Waals surface area contributed by atoms with Crippen LogP contribution in [0.2, 0.25) is 0 Å². The lowest BCUT2D eigenvalue weighted by molar-refractivity contribution is 0.219. The lowest BCUT2D eigenvalue weighted by Gasteiger charge is -2.17. The van der Waals surface area contributed by atoms with E-state index in [-0.39, 0.29) is 6.61 Å². The van der Waals surface area contributed by atoms with E-state index < -0.39 is 0 Å².